The third kappa shape index (κ3) is 1.95. The molecule has 19 heavy (non-hydrogen) atoms. The normalized spacial score (nSPS) is 13.3. The summed E-state index contributed by atoms with van der Waals surface area (Å²) in [6.07, 6.45) is 2.67. The van der Waals surface area contributed by atoms with E-state index in [9.17, 15) is 9.59 Å². The predicted octanol–water partition coefficient (Wildman–Crippen LogP) is 2.23. The SMILES string of the molecule is O=C(O)c1cc2c([nH]c1=O)-c1ccccc1CCC2. The molecular weight excluding hydrogens is 242 g/mol. The van der Waals surface area contributed by atoms with Crippen molar-refractivity contribution in [1.82, 2.24) is 4.98 Å². The molecule has 2 aromatic rings. The quantitative estimate of drug-likeness (QED) is 0.820. The lowest BCUT2D eigenvalue weighted by Gasteiger charge is -2.09. The standard InChI is InChI=1S/C15H13NO3/c17-14-12(15(18)19)8-10-6-3-5-9-4-1-2-7-11(9)13(10)16-14/h1-2,4,7-8H,3,5-6H2,(H,16,17)(H,18,19). The third-order valence-electron chi connectivity index (χ3n) is 3.53. The van der Waals surface area contributed by atoms with Gasteiger partial charge in [-0.2, -0.15) is 0 Å². The number of benzene rings is 1. The van der Waals surface area contributed by atoms with Crippen molar-refractivity contribution < 1.29 is 9.90 Å². The molecule has 4 nitrogen and oxygen atoms in total. The van der Waals surface area contributed by atoms with Gasteiger partial charge < -0.3 is 10.1 Å². The molecular formula is C15H13NO3. The van der Waals surface area contributed by atoms with Gasteiger partial charge in [0.25, 0.3) is 5.56 Å². The summed E-state index contributed by atoms with van der Waals surface area (Å²) < 4.78 is 0. The Morgan fingerprint density at radius 2 is 1.89 bits per heavy atom. The summed E-state index contributed by atoms with van der Waals surface area (Å²) in [6, 6.07) is 9.44. The maximum Gasteiger partial charge on any atom is 0.341 e. The van der Waals surface area contributed by atoms with Crippen molar-refractivity contribution >= 4 is 5.97 Å². The van der Waals surface area contributed by atoms with Crippen molar-refractivity contribution in [2.75, 3.05) is 0 Å². The molecule has 1 aromatic carbocycles. The van der Waals surface area contributed by atoms with E-state index >= 15 is 0 Å². The van der Waals surface area contributed by atoms with Gasteiger partial charge in [-0.3, -0.25) is 4.79 Å². The number of hydrogen-bond acceptors (Lipinski definition) is 2. The summed E-state index contributed by atoms with van der Waals surface area (Å²) in [5, 5.41) is 9.01. The Morgan fingerprint density at radius 1 is 1.16 bits per heavy atom. The van der Waals surface area contributed by atoms with Crippen LogP contribution in [-0.2, 0) is 12.8 Å². The van der Waals surface area contributed by atoms with Gasteiger partial charge in [0, 0.05) is 5.56 Å². The summed E-state index contributed by atoms with van der Waals surface area (Å²) in [4.78, 5) is 25.6. The number of H-pyrrole nitrogens is 1. The highest BCUT2D eigenvalue weighted by Crippen LogP contribution is 2.30. The van der Waals surface area contributed by atoms with Crippen molar-refractivity contribution in [2.45, 2.75) is 19.3 Å². The van der Waals surface area contributed by atoms with Crippen molar-refractivity contribution in [3.05, 3.63) is 57.4 Å². The fourth-order valence-electron chi connectivity index (χ4n) is 2.62. The minimum atomic E-state index is -1.18. The lowest BCUT2D eigenvalue weighted by Crippen LogP contribution is -2.19. The summed E-state index contributed by atoms with van der Waals surface area (Å²) in [5.74, 6) is -1.18. The van der Waals surface area contributed by atoms with E-state index in [1.807, 2.05) is 24.3 Å². The van der Waals surface area contributed by atoms with Crippen LogP contribution in [0.2, 0.25) is 0 Å². The van der Waals surface area contributed by atoms with E-state index < -0.39 is 11.5 Å². The van der Waals surface area contributed by atoms with Crippen LogP contribution in [0.3, 0.4) is 0 Å². The topological polar surface area (TPSA) is 70.2 Å². The highest BCUT2D eigenvalue weighted by molar-refractivity contribution is 5.88. The smallest absolute Gasteiger partial charge is 0.341 e. The molecule has 0 unspecified atom stereocenters. The number of aromatic carboxylic acids is 1. The lowest BCUT2D eigenvalue weighted by atomic mass is 10.0. The van der Waals surface area contributed by atoms with Crippen LogP contribution in [-0.4, -0.2) is 16.1 Å². The molecule has 0 radical (unpaired) electrons. The van der Waals surface area contributed by atoms with Crippen LogP contribution in [0.25, 0.3) is 11.3 Å². The van der Waals surface area contributed by atoms with Crippen LogP contribution in [0.4, 0.5) is 0 Å². The van der Waals surface area contributed by atoms with Crippen molar-refractivity contribution in [2.24, 2.45) is 0 Å². The molecule has 0 atom stereocenters. The number of hydrogen-bond donors (Lipinski definition) is 2. The van der Waals surface area contributed by atoms with Gasteiger partial charge in [-0.1, -0.05) is 24.3 Å². The first-order valence-electron chi connectivity index (χ1n) is 6.24. The van der Waals surface area contributed by atoms with Crippen LogP contribution >= 0.6 is 0 Å². The Labute approximate surface area is 109 Å². The molecule has 0 amide bonds. The number of aryl methyl sites for hydroxylation is 2. The van der Waals surface area contributed by atoms with Gasteiger partial charge in [-0.05, 0) is 36.5 Å². The molecule has 0 bridgehead atoms. The number of aromatic nitrogens is 1. The lowest BCUT2D eigenvalue weighted by molar-refractivity contribution is 0.0695. The Bertz CT molecular complexity index is 716. The van der Waals surface area contributed by atoms with Crippen LogP contribution in [0.15, 0.2) is 35.1 Å². The molecule has 0 saturated carbocycles. The maximum absolute atomic E-state index is 11.8. The summed E-state index contributed by atoms with van der Waals surface area (Å²) in [6.45, 7) is 0. The first kappa shape index (κ1) is 11.7. The Kier molecular flexibility index (Phi) is 2.71. The zero-order valence-corrected chi connectivity index (χ0v) is 10.3. The Balaban J connectivity index is 2.28. The number of nitrogens with one attached hydrogen (secondary N) is 1. The number of carboxylic acid groups (broad SMARTS) is 1. The molecule has 2 N–H and O–H groups in total. The van der Waals surface area contributed by atoms with E-state index in [0.29, 0.717) is 0 Å². The highest BCUT2D eigenvalue weighted by atomic mass is 16.4. The Morgan fingerprint density at radius 3 is 2.68 bits per heavy atom. The highest BCUT2D eigenvalue weighted by Gasteiger charge is 2.18. The van der Waals surface area contributed by atoms with E-state index in [4.69, 9.17) is 5.11 Å². The van der Waals surface area contributed by atoms with Gasteiger partial charge in [0.05, 0.1) is 5.69 Å². The molecule has 0 aliphatic heterocycles. The fourth-order valence-corrected chi connectivity index (χ4v) is 2.62. The molecule has 1 heterocycles. The van der Waals surface area contributed by atoms with Gasteiger partial charge in [0.2, 0.25) is 0 Å². The summed E-state index contributed by atoms with van der Waals surface area (Å²) >= 11 is 0. The second kappa shape index (κ2) is 4.39. The molecule has 0 saturated heterocycles. The first-order valence-corrected chi connectivity index (χ1v) is 6.24. The van der Waals surface area contributed by atoms with Gasteiger partial charge in [-0.25, -0.2) is 4.79 Å². The first-order chi connectivity index (χ1) is 9.16. The minimum absolute atomic E-state index is 0.182. The van der Waals surface area contributed by atoms with Crippen LogP contribution in [0.5, 0.6) is 0 Å². The molecule has 0 fully saturated rings. The van der Waals surface area contributed by atoms with Gasteiger partial charge in [0.1, 0.15) is 5.56 Å². The van der Waals surface area contributed by atoms with Crippen LogP contribution < -0.4 is 5.56 Å². The second-order valence-electron chi connectivity index (χ2n) is 4.73. The average molecular weight is 255 g/mol. The molecule has 0 spiro atoms. The van der Waals surface area contributed by atoms with Gasteiger partial charge >= 0.3 is 5.97 Å². The second-order valence-corrected chi connectivity index (χ2v) is 4.73. The zero-order valence-electron chi connectivity index (χ0n) is 10.3. The fraction of sp³-hybridized carbons (Fsp3) is 0.200. The molecule has 1 aliphatic rings. The summed E-state index contributed by atoms with van der Waals surface area (Å²) in [5.41, 5.74) is 3.15. The molecule has 3 rings (SSSR count). The van der Waals surface area contributed by atoms with Crippen molar-refractivity contribution in [3.8, 4) is 11.3 Å². The number of aromatic amines is 1. The van der Waals surface area contributed by atoms with Crippen molar-refractivity contribution in [1.29, 1.82) is 0 Å². The van der Waals surface area contributed by atoms with E-state index in [0.717, 1.165) is 36.1 Å². The number of carbonyl (C=O) groups is 1. The minimum Gasteiger partial charge on any atom is -0.477 e. The molecule has 1 aromatic heterocycles. The predicted molar refractivity (Wildman–Crippen MR) is 71.5 cm³/mol. The van der Waals surface area contributed by atoms with Crippen LogP contribution in [0.1, 0.15) is 27.9 Å². The summed E-state index contributed by atoms with van der Waals surface area (Å²) in [7, 11) is 0. The van der Waals surface area contributed by atoms with Gasteiger partial charge in [-0.15, -0.1) is 0 Å². The van der Waals surface area contributed by atoms with E-state index in [2.05, 4.69) is 4.98 Å². The number of rotatable bonds is 1. The van der Waals surface area contributed by atoms with Crippen LogP contribution in [0, 0.1) is 0 Å². The van der Waals surface area contributed by atoms with E-state index in [1.165, 1.54) is 11.6 Å². The average Bonchev–Trinajstić information content (AvgIpc) is 2.57. The maximum atomic E-state index is 11.8. The monoisotopic (exact) mass is 255 g/mol. The Hall–Kier alpha value is -2.36. The largest absolute Gasteiger partial charge is 0.477 e. The number of pyridine rings is 1. The number of carboxylic acids is 1. The van der Waals surface area contributed by atoms with Crippen molar-refractivity contribution in [3.63, 3.8) is 0 Å². The number of fused-ring (bicyclic) bond motifs is 3. The molecule has 96 valence electrons. The molecule has 4 heteroatoms. The zero-order chi connectivity index (χ0) is 13.4. The van der Waals surface area contributed by atoms with Gasteiger partial charge in [0.15, 0.2) is 0 Å². The third-order valence-corrected chi connectivity index (χ3v) is 3.53. The van der Waals surface area contributed by atoms with E-state index in [1.54, 1.807) is 0 Å². The molecule has 1 aliphatic carbocycles. The van der Waals surface area contributed by atoms with E-state index in [-0.39, 0.29) is 5.56 Å².